The van der Waals surface area contributed by atoms with Gasteiger partial charge < -0.3 is 9.88 Å². The third-order valence-electron chi connectivity index (χ3n) is 6.71. The first-order valence-corrected chi connectivity index (χ1v) is 9.81. The monoisotopic (exact) mass is 382 g/mol. The van der Waals surface area contributed by atoms with Gasteiger partial charge in [-0.3, -0.25) is 14.4 Å². The average molecular weight is 382 g/mol. The molecule has 3 aromatic rings. The van der Waals surface area contributed by atoms with E-state index in [0.29, 0.717) is 29.2 Å². The Labute approximate surface area is 167 Å². The molecule has 1 saturated carbocycles. The quantitative estimate of drug-likeness (QED) is 0.684. The summed E-state index contributed by atoms with van der Waals surface area (Å²) < 4.78 is 0. The van der Waals surface area contributed by atoms with E-state index < -0.39 is 0 Å². The lowest BCUT2D eigenvalue weighted by Gasteiger charge is -2.29. The Hall–Kier alpha value is -3.47. The van der Waals surface area contributed by atoms with Gasteiger partial charge in [0.15, 0.2) is 11.6 Å². The van der Waals surface area contributed by atoms with Gasteiger partial charge in [0.1, 0.15) is 5.69 Å². The number of ketones is 2. The van der Waals surface area contributed by atoms with E-state index in [1.807, 2.05) is 36.4 Å². The molecule has 1 aromatic heterocycles. The number of aromatic amines is 1. The summed E-state index contributed by atoms with van der Waals surface area (Å²) in [6.07, 6.45) is 2.63. The van der Waals surface area contributed by atoms with Crippen LogP contribution in [0.25, 0.3) is 10.9 Å². The number of hydrogen-bond donors (Lipinski definition) is 1. The van der Waals surface area contributed by atoms with Crippen LogP contribution in [-0.2, 0) is 5.41 Å². The number of H-pyrrole nitrogens is 1. The molecule has 142 valence electrons. The Morgan fingerprint density at radius 3 is 2.79 bits per heavy atom. The van der Waals surface area contributed by atoms with Gasteiger partial charge in [-0.1, -0.05) is 36.4 Å². The lowest BCUT2D eigenvalue weighted by Crippen LogP contribution is -2.33. The highest BCUT2D eigenvalue weighted by Crippen LogP contribution is 2.66. The number of nitrogens with zero attached hydrogens (tertiary/aromatic N) is 1. The zero-order valence-electron chi connectivity index (χ0n) is 15.9. The topological polar surface area (TPSA) is 70.2 Å². The number of likely N-dealkylation sites (tertiary alicyclic amines) is 1. The summed E-state index contributed by atoms with van der Waals surface area (Å²) in [5.41, 5.74) is 4.13. The minimum atomic E-state index is -0.198. The number of Topliss-reactive ketones (excluding diaryl/α,β-unsaturated/α-hetero) is 1. The van der Waals surface area contributed by atoms with Crippen LogP contribution in [-0.4, -0.2) is 33.9 Å². The maximum absolute atomic E-state index is 13.4. The molecular weight excluding hydrogens is 364 g/mol. The van der Waals surface area contributed by atoms with Crippen LogP contribution < -0.4 is 0 Å². The fourth-order valence-corrected chi connectivity index (χ4v) is 5.29. The Morgan fingerprint density at radius 2 is 1.97 bits per heavy atom. The number of aromatic nitrogens is 1. The van der Waals surface area contributed by atoms with Gasteiger partial charge in [-0.25, -0.2) is 0 Å². The van der Waals surface area contributed by atoms with Crippen LogP contribution in [0.5, 0.6) is 0 Å². The van der Waals surface area contributed by atoms with Crippen molar-refractivity contribution in [2.75, 3.05) is 6.54 Å². The Kier molecular flexibility index (Phi) is 3.02. The molecule has 1 amide bonds. The smallest absolute Gasteiger partial charge is 0.274 e. The van der Waals surface area contributed by atoms with Gasteiger partial charge in [0.25, 0.3) is 5.91 Å². The van der Waals surface area contributed by atoms with E-state index in [-0.39, 0.29) is 22.9 Å². The predicted octanol–water partition coefficient (Wildman–Crippen LogP) is 3.86. The van der Waals surface area contributed by atoms with Crippen LogP contribution >= 0.6 is 0 Å². The summed E-state index contributed by atoms with van der Waals surface area (Å²) in [7, 11) is 0. The first-order chi connectivity index (χ1) is 14.0. The fraction of sp³-hybridized carbons (Fsp3) is 0.208. The molecule has 1 saturated heterocycles. The summed E-state index contributed by atoms with van der Waals surface area (Å²) in [6, 6.07) is 15.0. The number of rotatable bonds is 2. The third kappa shape index (κ3) is 2.02. The standard InChI is InChI=1S/C24H18N2O3/c1-13(27)16-7-4-5-14-9-19(25-22(14)16)23(29)26-12-15-11-24(15)18-8-3-2-6-17(18)20(28)10-21(24)26/h2-10,15,25H,11-12H2,1H3/t15-,24-/m1/s1. The molecule has 0 unspecified atom stereocenters. The highest BCUT2D eigenvalue weighted by molar-refractivity contribution is 6.11. The van der Waals surface area contributed by atoms with Crippen LogP contribution in [0.15, 0.2) is 60.3 Å². The Morgan fingerprint density at radius 1 is 1.14 bits per heavy atom. The minimum Gasteiger partial charge on any atom is -0.350 e. The molecule has 2 heterocycles. The molecule has 29 heavy (non-hydrogen) atoms. The number of piperidine rings is 1. The molecule has 1 spiro atoms. The van der Waals surface area contributed by atoms with Crippen LogP contribution in [0.4, 0.5) is 0 Å². The molecule has 1 aliphatic heterocycles. The van der Waals surface area contributed by atoms with E-state index in [1.54, 1.807) is 23.1 Å². The van der Waals surface area contributed by atoms with Crippen molar-refractivity contribution in [2.45, 2.75) is 18.8 Å². The summed E-state index contributed by atoms with van der Waals surface area (Å²) in [4.78, 5) is 42.9. The van der Waals surface area contributed by atoms with Crippen molar-refractivity contribution >= 4 is 28.4 Å². The van der Waals surface area contributed by atoms with Crippen molar-refractivity contribution in [2.24, 2.45) is 5.92 Å². The highest BCUT2D eigenvalue weighted by Gasteiger charge is 2.67. The van der Waals surface area contributed by atoms with Crippen molar-refractivity contribution in [3.63, 3.8) is 0 Å². The average Bonchev–Trinajstić information content (AvgIpc) is 3.11. The molecule has 5 heteroatoms. The molecule has 6 rings (SSSR count). The molecule has 5 nitrogen and oxygen atoms in total. The Balaban J connectivity index is 1.43. The van der Waals surface area contributed by atoms with E-state index in [1.165, 1.54) is 6.92 Å². The second kappa shape index (κ2) is 5.32. The zero-order chi connectivity index (χ0) is 19.9. The number of hydrogen-bond acceptors (Lipinski definition) is 3. The van der Waals surface area contributed by atoms with Gasteiger partial charge in [-0.05, 0) is 37.0 Å². The zero-order valence-corrected chi connectivity index (χ0v) is 15.9. The van der Waals surface area contributed by atoms with Gasteiger partial charge in [0.05, 0.1) is 5.52 Å². The van der Waals surface area contributed by atoms with Crippen molar-refractivity contribution < 1.29 is 14.4 Å². The van der Waals surface area contributed by atoms with Crippen molar-refractivity contribution in [1.82, 2.24) is 9.88 Å². The van der Waals surface area contributed by atoms with Crippen LogP contribution in [0.1, 0.15) is 50.1 Å². The number of carbonyl (C=O) groups excluding carboxylic acids is 3. The van der Waals surface area contributed by atoms with E-state index in [4.69, 9.17) is 0 Å². The molecule has 2 aliphatic carbocycles. The number of allylic oxidation sites excluding steroid dienone is 2. The number of benzene rings is 2. The van der Waals surface area contributed by atoms with Crippen molar-refractivity contribution in [3.05, 3.63) is 82.7 Å². The highest BCUT2D eigenvalue weighted by atomic mass is 16.2. The molecule has 2 fully saturated rings. The first kappa shape index (κ1) is 16.5. The van der Waals surface area contributed by atoms with Crippen molar-refractivity contribution in [3.8, 4) is 0 Å². The first-order valence-electron chi connectivity index (χ1n) is 9.81. The van der Waals surface area contributed by atoms with Crippen LogP contribution in [0.2, 0.25) is 0 Å². The third-order valence-corrected chi connectivity index (χ3v) is 6.71. The molecular formula is C24H18N2O3. The molecule has 2 aromatic carbocycles. The summed E-state index contributed by atoms with van der Waals surface area (Å²) in [5, 5.41) is 0.833. The SMILES string of the molecule is CC(=O)c1cccc2cc(C(=O)N3C[C@H]4C[C@@]45C3=CC(=O)c3ccccc35)[nH]c12. The molecule has 0 bridgehead atoms. The lowest BCUT2D eigenvalue weighted by molar-refractivity contribution is 0.0806. The molecule has 1 N–H and O–H groups in total. The van der Waals surface area contributed by atoms with E-state index >= 15 is 0 Å². The van der Waals surface area contributed by atoms with E-state index in [0.717, 1.165) is 28.6 Å². The van der Waals surface area contributed by atoms with Gasteiger partial charge in [0.2, 0.25) is 0 Å². The summed E-state index contributed by atoms with van der Waals surface area (Å²) >= 11 is 0. The second-order valence-corrected chi connectivity index (χ2v) is 8.24. The summed E-state index contributed by atoms with van der Waals surface area (Å²) in [6.45, 7) is 2.13. The maximum Gasteiger partial charge on any atom is 0.274 e. The number of nitrogens with one attached hydrogen (secondary N) is 1. The molecule has 2 atom stereocenters. The van der Waals surface area contributed by atoms with Crippen LogP contribution in [0.3, 0.4) is 0 Å². The molecule has 3 aliphatic rings. The number of carbonyl (C=O) groups is 3. The van der Waals surface area contributed by atoms with Crippen LogP contribution in [0, 0.1) is 5.92 Å². The fourth-order valence-electron chi connectivity index (χ4n) is 5.29. The van der Waals surface area contributed by atoms with Crippen molar-refractivity contribution in [1.29, 1.82) is 0 Å². The second-order valence-electron chi connectivity index (χ2n) is 8.24. The Bertz CT molecular complexity index is 1300. The maximum atomic E-state index is 13.4. The molecule has 0 radical (unpaired) electrons. The van der Waals surface area contributed by atoms with Gasteiger partial charge >= 0.3 is 0 Å². The van der Waals surface area contributed by atoms with E-state index in [9.17, 15) is 14.4 Å². The summed E-state index contributed by atoms with van der Waals surface area (Å²) in [5.74, 6) is 0.113. The normalized spacial score (nSPS) is 24.0. The number of para-hydroxylation sites is 1. The lowest BCUT2D eigenvalue weighted by atomic mass is 9.81. The van der Waals surface area contributed by atoms with E-state index in [2.05, 4.69) is 4.98 Å². The predicted molar refractivity (Wildman–Crippen MR) is 108 cm³/mol. The van der Waals surface area contributed by atoms with Gasteiger partial charge in [-0.2, -0.15) is 0 Å². The number of fused-ring (bicyclic) bond motifs is 2. The van der Waals surface area contributed by atoms with Gasteiger partial charge in [0, 0.05) is 40.2 Å². The van der Waals surface area contributed by atoms with Gasteiger partial charge in [-0.15, -0.1) is 0 Å². The largest absolute Gasteiger partial charge is 0.350 e. The minimum absolute atomic E-state index is 0.0397. The number of amides is 1.